The Morgan fingerprint density at radius 3 is 2.59 bits per heavy atom. The van der Waals surface area contributed by atoms with E-state index in [2.05, 4.69) is 60.3 Å². The standard InChI is InChI=1S/C24H31N3O2/c1-24(2)16-22(25-21-9-8-18(15-20(21)24)23(28)29-4)17-6-5-7-19(14-17)27-12-10-26(3)11-13-27/h5-9,14-15,22,25H,10-13,16H2,1-4H3. The van der Waals surface area contributed by atoms with Gasteiger partial charge in [0.05, 0.1) is 18.7 Å². The third kappa shape index (κ3) is 3.97. The molecule has 0 aliphatic carbocycles. The Bertz CT molecular complexity index is 901. The number of anilines is 2. The minimum atomic E-state index is -0.286. The molecule has 1 fully saturated rings. The van der Waals surface area contributed by atoms with Crippen LogP contribution in [0.3, 0.4) is 0 Å². The van der Waals surface area contributed by atoms with Crippen LogP contribution in [0, 0.1) is 0 Å². The molecule has 0 amide bonds. The highest BCUT2D eigenvalue weighted by Crippen LogP contribution is 2.44. The van der Waals surface area contributed by atoms with Gasteiger partial charge < -0.3 is 19.9 Å². The van der Waals surface area contributed by atoms with Crippen LogP contribution in [0.15, 0.2) is 42.5 Å². The van der Waals surface area contributed by atoms with Crippen molar-refractivity contribution < 1.29 is 9.53 Å². The molecule has 2 aromatic carbocycles. The maximum absolute atomic E-state index is 12.0. The lowest BCUT2D eigenvalue weighted by Gasteiger charge is -2.39. The van der Waals surface area contributed by atoms with Crippen molar-refractivity contribution in [1.82, 2.24) is 4.90 Å². The number of piperazine rings is 1. The number of nitrogens with zero attached hydrogens (tertiary/aromatic N) is 2. The van der Waals surface area contributed by atoms with Crippen LogP contribution < -0.4 is 10.2 Å². The first-order chi connectivity index (χ1) is 13.9. The summed E-state index contributed by atoms with van der Waals surface area (Å²) in [5.41, 5.74) is 5.46. The second-order valence-electron chi connectivity index (χ2n) is 8.92. The number of nitrogens with one attached hydrogen (secondary N) is 1. The van der Waals surface area contributed by atoms with Crippen molar-refractivity contribution in [3.8, 4) is 0 Å². The molecule has 2 aromatic rings. The van der Waals surface area contributed by atoms with Gasteiger partial charge in [0.1, 0.15) is 0 Å². The number of hydrogen-bond acceptors (Lipinski definition) is 5. The van der Waals surface area contributed by atoms with E-state index in [0.29, 0.717) is 5.56 Å². The molecule has 1 atom stereocenters. The van der Waals surface area contributed by atoms with Gasteiger partial charge in [-0.15, -0.1) is 0 Å². The lowest BCUT2D eigenvalue weighted by Crippen LogP contribution is -2.44. The molecule has 0 bridgehead atoms. The van der Waals surface area contributed by atoms with Crippen molar-refractivity contribution in [1.29, 1.82) is 0 Å². The predicted octanol–water partition coefficient (Wildman–Crippen LogP) is 4.06. The zero-order valence-corrected chi connectivity index (χ0v) is 17.9. The first-order valence-electron chi connectivity index (χ1n) is 10.4. The van der Waals surface area contributed by atoms with E-state index in [1.54, 1.807) is 0 Å². The van der Waals surface area contributed by atoms with E-state index in [0.717, 1.165) is 38.3 Å². The minimum Gasteiger partial charge on any atom is -0.465 e. The Morgan fingerprint density at radius 1 is 1.10 bits per heavy atom. The Hall–Kier alpha value is -2.53. The summed E-state index contributed by atoms with van der Waals surface area (Å²) in [4.78, 5) is 16.8. The average Bonchev–Trinajstić information content (AvgIpc) is 2.73. The van der Waals surface area contributed by atoms with E-state index in [-0.39, 0.29) is 17.4 Å². The molecule has 4 rings (SSSR count). The van der Waals surface area contributed by atoms with E-state index in [4.69, 9.17) is 4.74 Å². The molecular weight excluding hydrogens is 362 g/mol. The molecule has 2 aliphatic rings. The number of rotatable bonds is 3. The van der Waals surface area contributed by atoms with E-state index >= 15 is 0 Å². The second-order valence-corrected chi connectivity index (χ2v) is 8.92. The first-order valence-corrected chi connectivity index (χ1v) is 10.4. The molecule has 1 N–H and O–H groups in total. The van der Waals surface area contributed by atoms with Gasteiger partial charge in [-0.1, -0.05) is 26.0 Å². The third-order valence-electron chi connectivity index (χ3n) is 6.35. The SMILES string of the molecule is COC(=O)c1ccc2c(c1)C(C)(C)CC(c1cccc(N3CCN(C)CC3)c1)N2. The molecule has 0 saturated carbocycles. The highest BCUT2D eigenvalue weighted by molar-refractivity contribution is 5.90. The van der Waals surface area contributed by atoms with Gasteiger partial charge in [-0.3, -0.25) is 0 Å². The van der Waals surface area contributed by atoms with E-state index in [1.807, 2.05) is 18.2 Å². The smallest absolute Gasteiger partial charge is 0.337 e. The fourth-order valence-corrected chi connectivity index (χ4v) is 4.54. The van der Waals surface area contributed by atoms with Gasteiger partial charge in [0.25, 0.3) is 0 Å². The fourth-order valence-electron chi connectivity index (χ4n) is 4.54. The van der Waals surface area contributed by atoms with Gasteiger partial charge in [0.15, 0.2) is 0 Å². The number of carbonyl (C=O) groups excluding carboxylic acids is 1. The number of carbonyl (C=O) groups is 1. The summed E-state index contributed by atoms with van der Waals surface area (Å²) < 4.78 is 4.90. The summed E-state index contributed by atoms with van der Waals surface area (Å²) in [6.45, 7) is 8.87. The van der Waals surface area contributed by atoms with Crippen LogP contribution in [0.4, 0.5) is 11.4 Å². The van der Waals surface area contributed by atoms with Crippen molar-refractivity contribution in [3.63, 3.8) is 0 Å². The van der Waals surface area contributed by atoms with Crippen LogP contribution in [0.5, 0.6) is 0 Å². The Labute approximate surface area is 173 Å². The fraction of sp³-hybridized carbons (Fsp3) is 0.458. The van der Waals surface area contributed by atoms with Gasteiger partial charge in [-0.2, -0.15) is 0 Å². The topological polar surface area (TPSA) is 44.8 Å². The van der Waals surface area contributed by atoms with Crippen LogP contribution in [-0.4, -0.2) is 51.2 Å². The molecule has 5 heteroatoms. The van der Waals surface area contributed by atoms with Crippen LogP contribution in [0.1, 0.15) is 47.8 Å². The normalized spacial score (nSPS) is 21.2. The Morgan fingerprint density at radius 2 is 1.86 bits per heavy atom. The van der Waals surface area contributed by atoms with Crippen LogP contribution in [0.2, 0.25) is 0 Å². The second kappa shape index (κ2) is 7.71. The predicted molar refractivity (Wildman–Crippen MR) is 118 cm³/mol. The molecule has 0 spiro atoms. The zero-order valence-electron chi connectivity index (χ0n) is 17.9. The van der Waals surface area contributed by atoms with E-state index in [1.165, 1.54) is 23.9 Å². The van der Waals surface area contributed by atoms with Crippen molar-refractivity contribution in [3.05, 3.63) is 59.2 Å². The van der Waals surface area contributed by atoms with E-state index < -0.39 is 0 Å². The summed E-state index contributed by atoms with van der Waals surface area (Å²) in [5, 5.41) is 3.71. The van der Waals surface area contributed by atoms with E-state index in [9.17, 15) is 4.79 Å². The summed E-state index contributed by atoms with van der Waals surface area (Å²) in [7, 11) is 3.61. The molecular formula is C24H31N3O2. The van der Waals surface area contributed by atoms with Crippen LogP contribution in [-0.2, 0) is 10.2 Å². The molecule has 154 valence electrons. The number of likely N-dealkylation sites (N-methyl/N-ethyl adjacent to an activating group) is 1. The number of esters is 1. The largest absolute Gasteiger partial charge is 0.465 e. The van der Waals surface area contributed by atoms with Gasteiger partial charge in [-0.25, -0.2) is 4.79 Å². The molecule has 29 heavy (non-hydrogen) atoms. The number of benzene rings is 2. The number of hydrogen-bond donors (Lipinski definition) is 1. The molecule has 2 heterocycles. The van der Waals surface area contributed by atoms with Gasteiger partial charge in [-0.05, 0) is 60.3 Å². The van der Waals surface area contributed by atoms with Crippen molar-refractivity contribution >= 4 is 17.3 Å². The van der Waals surface area contributed by atoms with Crippen molar-refractivity contribution in [2.75, 3.05) is 50.6 Å². The van der Waals surface area contributed by atoms with Crippen molar-refractivity contribution in [2.45, 2.75) is 31.7 Å². The molecule has 0 radical (unpaired) electrons. The maximum atomic E-state index is 12.0. The van der Waals surface area contributed by atoms with Crippen LogP contribution in [0.25, 0.3) is 0 Å². The zero-order chi connectivity index (χ0) is 20.6. The third-order valence-corrected chi connectivity index (χ3v) is 6.35. The molecule has 5 nitrogen and oxygen atoms in total. The maximum Gasteiger partial charge on any atom is 0.337 e. The lowest BCUT2D eigenvalue weighted by atomic mass is 9.73. The molecule has 2 aliphatic heterocycles. The quantitative estimate of drug-likeness (QED) is 0.797. The van der Waals surface area contributed by atoms with Gasteiger partial charge >= 0.3 is 5.97 Å². The highest BCUT2D eigenvalue weighted by atomic mass is 16.5. The van der Waals surface area contributed by atoms with Gasteiger partial charge in [0, 0.05) is 37.6 Å². The minimum absolute atomic E-state index is 0.0425. The van der Waals surface area contributed by atoms with Crippen molar-refractivity contribution in [2.24, 2.45) is 0 Å². The summed E-state index contributed by atoms with van der Waals surface area (Å²) in [6.07, 6.45) is 0.969. The Balaban J connectivity index is 1.60. The molecule has 0 aromatic heterocycles. The molecule has 1 saturated heterocycles. The highest BCUT2D eigenvalue weighted by Gasteiger charge is 2.34. The Kier molecular flexibility index (Phi) is 5.26. The lowest BCUT2D eigenvalue weighted by molar-refractivity contribution is 0.0600. The number of methoxy groups -OCH3 is 1. The van der Waals surface area contributed by atoms with Gasteiger partial charge in [0.2, 0.25) is 0 Å². The average molecular weight is 394 g/mol. The number of ether oxygens (including phenoxy) is 1. The summed E-state index contributed by atoms with van der Waals surface area (Å²) in [6, 6.07) is 15.0. The summed E-state index contributed by atoms with van der Waals surface area (Å²) in [5.74, 6) is -0.286. The molecule has 1 unspecified atom stereocenters. The van der Waals surface area contributed by atoms with Crippen LogP contribution >= 0.6 is 0 Å². The monoisotopic (exact) mass is 393 g/mol. The summed E-state index contributed by atoms with van der Waals surface area (Å²) >= 11 is 0. The number of fused-ring (bicyclic) bond motifs is 1. The first kappa shape index (κ1) is 19.8.